The Bertz CT molecular complexity index is 1040. The molecule has 0 radical (unpaired) electrons. The topological polar surface area (TPSA) is 87.0 Å². The third-order valence-electron chi connectivity index (χ3n) is 4.43. The van der Waals surface area contributed by atoms with E-state index in [0.717, 1.165) is 5.39 Å². The second-order valence-electron chi connectivity index (χ2n) is 6.38. The van der Waals surface area contributed by atoms with E-state index in [1.54, 1.807) is 50.4 Å². The van der Waals surface area contributed by atoms with Crippen LogP contribution >= 0.6 is 0 Å². The zero-order valence-corrected chi connectivity index (χ0v) is 16.8. The summed E-state index contributed by atoms with van der Waals surface area (Å²) in [5.74, 6) is 0.0768. The standard InChI is InChI=1S/C22H23NO6/c1-5-27-19-9-7-6-8-17(19)23-21(24)14(3)28-22(25)20-13(2)16-12-15(26-4)10-11-18(16)29-20/h6-12,14H,5H2,1-4H3,(H,23,24)/t14-/m0/s1. The maximum atomic E-state index is 12.6. The zero-order valence-electron chi connectivity index (χ0n) is 16.8. The van der Waals surface area contributed by atoms with Gasteiger partial charge in [-0.15, -0.1) is 0 Å². The third-order valence-corrected chi connectivity index (χ3v) is 4.43. The average Bonchev–Trinajstić information content (AvgIpc) is 3.05. The largest absolute Gasteiger partial charge is 0.497 e. The van der Waals surface area contributed by atoms with Crippen LogP contribution in [0.5, 0.6) is 11.5 Å². The van der Waals surface area contributed by atoms with E-state index in [2.05, 4.69) is 5.32 Å². The number of methoxy groups -OCH3 is 1. The molecule has 29 heavy (non-hydrogen) atoms. The van der Waals surface area contributed by atoms with E-state index in [1.165, 1.54) is 6.92 Å². The number of nitrogens with one attached hydrogen (secondary N) is 1. The van der Waals surface area contributed by atoms with E-state index >= 15 is 0 Å². The highest BCUT2D eigenvalue weighted by Crippen LogP contribution is 2.29. The smallest absolute Gasteiger partial charge is 0.375 e. The number of furan rings is 1. The van der Waals surface area contributed by atoms with Gasteiger partial charge in [-0.25, -0.2) is 4.79 Å². The molecule has 1 N–H and O–H groups in total. The molecule has 0 bridgehead atoms. The summed E-state index contributed by atoms with van der Waals surface area (Å²) in [6.45, 7) is 5.57. The number of hydrogen-bond acceptors (Lipinski definition) is 6. The molecule has 7 heteroatoms. The Balaban J connectivity index is 1.73. The number of carbonyl (C=O) groups is 2. The van der Waals surface area contributed by atoms with Gasteiger partial charge in [0.2, 0.25) is 5.76 Å². The van der Waals surface area contributed by atoms with Crippen LogP contribution in [0.4, 0.5) is 5.69 Å². The summed E-state index contributed by atoms with van der Waals surface area (Å²) in [6.07, 6.45) is -1.03. The fraction of sp³-hybridized carbons (Fsp3) is 0.273. The summed E-state index contributed by atoms with van der Waals surface area (Å²) in [5.41, 5.74) is 1.67. The molecule has 0 aliphatic carbocycles. The average molecular weight is 397 g/mol. The number of anilines is 1. The Labute approximate surface area is 168 Å². The fourth-order valence-corrected chi connectivity index (χ4v) is 2.87. The minimum atomic E-state index is -1.03. The molecule has 1 aromatic heterocycles. The molecule has 0 saturated heterocycles. The fourth-order valence-electron chi connectivity index (χ4n) is 2.87. The quantitative estimate of drug-likeness (QED) is 0.597. The lowest BCUT2D eigenvalue weighted by atomic mass is 10.1. The number of aryl methyl sites for hydroxylation is 1. The SMILES string of the molecule is CCOc1ccccc1NC(=O)[C@H](C)OC(=O)c1oc2ccc(OC)cc2c1C. The van der Waals surface area contributed by atoms with Gasteiger partial charge in [-0.1, -0.05) is 12.1 Å². The minimum Gasteiger partial charge on any atom is -0.497 e. The van der Waals surface area contributed by atoms with E-state index in [4.69, 9.17) is 18.6 Å². The van der Waals surface area contributed by atoms with Crippen LogP contribution in [0.2, 0.25) is 0 Å². The predicted octanol–water partition coefficient (Wildman–Crippen LogP) is 4.33. The van der Waals surface area contributed by atoms with Crippen LogP contribution in [-0.4, -0.2) is 31.7 Å². The molecule has 3 aromatic rings. The maximum absolute atomic E-state index is 12.6. The summed E-state index contributed by atoms with van der Waals surface area (Å²) in [5, 5.41) is 3.47. The molecule has 0 unspecified atom stereocenters. The van der Waals surface area contributed by atoms with Crippen molar-refractivity contribution in [2.45, 2.75) is 26.9 Å². The van der Waals surface area contributed by atoms with Crippen molar-refractivity contribution < 1.29 is 28.2 Å². The number of benzene rings is 2. The second-order valence-corrected chi connectivity index (χ2v) is 6.38. The minimum absolute atomic E-state index is 0.0580. The van der Waals surface area contributed by atoms with Crippen LogP contribution < -0.4 is 14.8 Å². The number of hydrogen-bond donors (Lipinski definition) is 1. The van der Waals surface area contributed by atoms with Crippen molar-refractivity contribution in [2.24, 2.45) is 0 Å². The van der Waals surface area contributed by atoms with Crippen LogP contribution in [0.25, 0.3) is 11.0 Å². The van der Waals surface area contributed by atoms with Crippen molar-refractivity contribution in [1.29, 1.82) is 0 Å². The molecule has 152 valence electrons. The molecular weight excluding hydrogens is 374 g/mol. The van der Waals surface area contributed by atoms with Gasteiger partial charge in [0.25, 0.3) is 5.91 Å². The summed E-state index contributed by atoms with van der Waals surface area (Å²) < 4.78 is 21.6. The van der Waals surface area contributed by atoms with Crippen LogP contribution in [0.15, 0.2) is 46.9 Å². The maximum Gasteiger partial charge on any atom is 0.375 e. The van der Waals surface area contributed by atoms with Crippen molar-refractivity contribution in [1.82, 2.24) is 0 Å². The second kappa shape index (κ2) is 8.68. The van der Waals surface area contributed by atoms with E-state index < -0.39 is 18.0 Å². The van der Waals surface area contributed by atoms with E-state index in [9.17, 15) is 9.59 Å². The highest BCUT2D eigenvalue weighted by molar-refractivity contribution is 6.00. The molecule has 0 aliphatic heterocycles. The lowest BCUT2D eigenvalue weighted by Gasteiger charge is -2.15. The lowest BCUT2D eigenvalue weighted by molar-refractivity contribution is -0.123. The lowest BCUT2D eigenvalue weighted by Crippen LogP contribution is -2.30. The predicted molar refractivity (Wildman–Crippen MR) is 109 cm³/mol. The summed E-state index contributed by atoms with van der Waals surface area (Å²) in [6, 6.07) is 12.3. The van der Waals surface area contributed by atoms with Crippen molar-refractivity contribution in [3.63, 3.8) is 0 Å². The van der Waals surface area contributed by atoms with Crippen molar-refractivity contribution in [3.05, 3.63) is 53.8 Å². The third kappa shape index (κ3) is 4.34. The normalized spacial score (nSPS) is 11.7. The van der Waals surface area contributed by atoms with Gasteiger partial charge < -0.3 is 23.9 Å². The highest BCUT2D eigenvalue weighted by atomic mass is 16.6. The van der Waals surface area contributed by atoms with E-state index in [0.29, 0.717) is 34.9 Å². The zero-order chi connectivity index (χ0) is 21.0. The number of esters is 1. The monoisotopic (exact) mass is 397 g/mol. The molecule has 0 aliphatic rings. The molecule has 1 atom stereocenters. The molecule has 0 fully saturated rings. The molecule has 0 saturated carbocycles. The number of para-hydroxylation sites is 2. The number of carbonyl (C=O) groups excluding carboxylic acids is 2. The molecule has 3 rings (SSSR count). The van der Waals surface area contributed by atoms with Crippen LogP contribution in [0.3, 0.4) is 0 Å². The van der Waals surface area contributed by atoms with Crippen molar-refractivity contribution in [2.75, 3.05) is 19.0 Å². The van der Waals surface area contributed by atoms with E-state index in [-0.39, 0.29) is 5.76 Å². The number of ether oxygens (including phenoxy) is 3. The van der Waals surface area contributed by atoms with Crippen LogP contribution in [0.1, 0.15) is 30.0 Å². The molecule has 0 spiro atoms. The Morgan fingerprint density at radius 1 is 1.17 bits per heavy atom. The van der Waals surface area contributed by atoms with Crippen molar-refractivity contribution in [3.8, 4) is 11.5 Å². The van der Waals surface area contributed by atoms with Gasteiger partial charge in [0.15, 0.2) is 6.10 Å². The molecular formula is C22H23NO6. The first-order valence-electron chi connectivity index (χ1n) is 9.25. The van der Waals surface area contributed by atoms with Gasteiger partial charge in [0.05, 0.1) is 19.4 Å². The first-order chi connectivity index (χ1) is 13.9. The van der Waals surface area contributed by atoms with Gasteiger partial charge in [-0.2, -0.15) is 0 Å². The Morgan fingerprint density at radius 2 is 1.93 bits per heavy atom. The van der Waals surface area contributed by atoms with Crippen LogP contribution in [0, 0.1) is 6.92 Å². The summed E-state index contributed by atoms with van der Waals surface area (Å²) in [4.78, 5) is 25.1. The van der Waals surface area contributed by atoms with Gasteiger partial charge >= 0.3 is 5.97 Å². The Kier molecular flexibility index (Phi) is 6.07. The first-order valence-corrected chi connectivity index (χ1v) is 9.25. The first kappa shape index (κ1) is 20.3. The van der Waals surface area contributed by atoms with Gasteiger partial charge in [-0.3, -0.25) is 4.79 Å². The molecule has 7 nitrogen and oxygen atoms in total. The molecule has 2 aromatic carbocycles. The van der Waals surface area contributed by atoms with Crippen molar-refractivity contribution >= 4 is 28.5 Å². The Hall–Kier alpha value is -3.48. The molecule has 1 heterocycles. The number of fused-ring (bicyclic) bond motifs is 1. The number of amides is 1. The number of rotatable bonds is 7. The highest BCUT2D eigenvalue weighted by Gasteiger charge is 2.25. The van der Waals surface area contributed by atoms with Gasteiger partial charge in [-0.05, 0) is 51.1 Å². The van der Waals surface area contributed by atoms with E-state index in [1.807, 2.05) is 13.0 Å². The van der Waals surface area contributed by atoms with Gasteiger partial charge in [0.1, 0.15) is 17.1 Å². The van der Waals surface area contributed by atoms with Crippen LogP contribution in [-0.2, 0) is 9.53 Å². The van der Waals surface area contributed by atoms with Gasteiger partial charge in [0, 0.05) is 10.9 Å². The molecule has 1 amide bonds. The Morgan fingerprint density at radius 3 is 2.66 bits per heavy atom. The summed E-state index contributed by atoms with van der Waals surface area (Å²) in [7, 11) is 1.57. The summed E-state index contributed by atoms with van der Waals surface area (Å²) >= 11 is 0.